The molecule has 0 aliphatic heterocycles. The highest BCUT2D eigenvalue weighted by atomic mass is 28.5. The van der Waals surface area contributed by atoms with Gasteiger partial charge in [0.25, 0.3) is 0 Å². The molecular weight excluding hydrogens is 268 g/mol. The van der Waals surface area contributed by atoms with Gasteiger partial charge in [0.15, 0.2) is 16.6 Å². The molecular formula is C9H27O3Si4. The Bertz CT molecular complexity index is 220. The number of hydrogen-bond donors (Lipinski definition) is 0. The SMILES string of the molecule is C[Si](O[Si](C)(C)C)O[Si](C)(C)O[Si](C)(C)C. The van der Waals surface area contributed by atoms with E-state index in [0.717, 1.165) is 0 Å². The molecule has 0 rings (SSSR count). The summed E-state index contributed by atoms with van der Waals surface area (Å²) in [5.41, 5.74) is 0. The molecule has 0 aromatic heterocycles. The Morgan fingerprint density at radius 3 is 1.44 bits per heavy atom. The Balaban J connectivity index is 4.26. The van der Waals surface area contributed by atoms with E-state index in [2.05, 4.69) is 58.9 Å². The summed E-state index contributed by atoms with van der Waals surface area (Å²) < 4.78 is 18.2. The molecule has 0 atom stereocenters. The van der Waals surface area contributed by atoms with Crippen LogP contribution in [-0.4, -0.2) is 34.5 Å². The molecule has 16 heavy (non-hydrogen) atoms. The summed E-state index contributed by atoms with van der Waals surface area (Å²) in [6.07, 6.45) is 0. The molecule has 0 saturated carbocycles. The van der Waals surface area contributed by atoms with Crippen molar-refractivity contribution >= 4 is 34.5 Å². The number of hydrogen-bond acceptors (Lipinski definition) is 3. The van der Waals surface area contributed by atoms with Gasteiger partial charge >= 0.3 is 17.8 Å². The van der Waals surface area contributed by atoms with Crippen molar-refractivity contribution in [1.82, 2.24) is 0 Å². The van der Waals surface area contributed by atoms with E-state index >= 15 is 0 Å². The van der Waals surface area contributed by atoms with Crippen molar-refractivity contribution in [2.45, 2.75) is 58.9 Å². The van der Waals surface area contributed by atoms with Crippen LogP contribution >= 0.6 is 0 Å². The summed E-state index contributed by atoms with van der Waals surface area (Å²) in [7, 11) is -6.14. The predicted molar refractivity (Wildman–Crippen MR) is 79.0 cm³/mol. The molecule has 0 spiro atoms. The van der Waals surface area contributed by atoms with Crippen LogP contribution in [0.1, 0.15) is 0 Å². The average molecular weight is 296 g/mol. The van der Waals surface area contributed by atoms with Crippen molar-refractivity contribution in [3.8, 4) is 0 Å². The van der Waals surface area contributed by atoms with Gasteiger partial charge in [-0.15, -0.1) is 0 Å². The van der Waals surface area contributed by atoms with Crippen molar-refractivity contribution in [3.05, 3.63) is 0 Å². The summed E-state index contributed by atoms with van der Waals surface area (Å²) in [4.78, 5) is 0. The first-order valence-corrected chi connectivity index (χ1v) is 17.2. The third-order valence-electron chi connectivity index (χ3n) is 1.39. The van der Waals surface area contributed by atoms with Crippen LogP contribution in [0.4, 0.5) is 0 Å². The van der Waals surface area contributed by atoms with E-state index in [0.29, 0.717) is 0 Å². The average Bonchev–Trinajstić information content (AvgIpc) is 1.70. The quantitative estimate of drug-likeness (QED) is 0.702. The lowest BCUT2D eigenvalue weighted by Gasteiger charge is -2.34. The van der Waals surface area contributed by atoms with Gasteiger partial charge in [-0.1, -0.05) is 0 Å². The summed E-state index contributed by atoms with van der Waals surface area (Å²) in [6, 6.07) is 0. The Labute approximate surface area is 106 Å². The van der Waals surface area contributed by atoms with Gasteiger partial charge < -0.3 is 12.3 Å². The van der Waals surface area contributed by atoms with Crippen LogP contribution in [0.15, 0.2) is 0 Å². The lowest BCUT2D eigenvalue weighted by atomic mass is 11.8. The van der Waals surface area contributed by atoms with Gasteiger partial charge in [0.05, 0.1) is 0 Å². The normalized spacial score (nSPS) is 14.6. The molecule has 0 saturated heterocycles. The molecule has 0 heterocycles. The summed E-state index contributed by atoms with van der Waals surface area (Å²) in [5, 5.41) is 0. The standard InChI is InChI=1S/C9H27O3Si4/c1-13(10-14(2,3)4)11-16(8,9)12-15(5,6)7/h1-9H3. The molecule has 0 amide bonds. The number of rotatable bonds is 6. The molecule has 0 unspecified atom stereocenters. The van der Waals surface area contributed by atoms with Gasteiger partial charge in [0.2, 0.25) is 0 Å². The molecule has 0 aromatic rings. The van der Waals surface area contributed by atoms with Crippen LogP contribution in [0.5, 0.6) is 0 Å². The van der Waals surface area contributed by atoms with Crippen molar-refractivity contribution in [2.24, 2.45) is 0 Å². The summed E-state index contributed by atoms with van der Waals surface area (Å²) >= 11 is 0. The van der Waals surface area contributed by atoms with Crippen LogP contribution in [0.3, 0.4) is 0 Å². The Morgan fingerprint density at radius 2 is 1.12 bits per heavy atom. The molecule has 0 aromatic carbocycles. The zero-order chi connectivity index (χ0) is 13.2. The zero-order valence-corrected chi connectivity index (χ0v) is 16.2. The maximum atomic E-state index is 6.13. The van der Waals surface area contributed by atoms with E-state index in [9.17, 15) is 0 Å². The van der Waals surface area contributed by atoms with Crippen molar-refractivity contribution in [1.29, 1.82) is 0 Å². The van der Waals surface area contributed by atoms with E-state index in [-0.39, 0.29) is 0 Å². The first-order valence-electron chi connectivity index (χ1n) is 5.72. The molecule has 3 nitrogen and oxygen atoms in total. The molecule has 97 valence electrons. The first kappa shape index (κ1) is 16.7. The topological polar surface area (TPSA) is 27.7 Å². The molecule has 0 bridgehead atoms. The third-order valence-corrected chi connectivity index (χ3v) is 12.5. The smallest absolute Gasteiger partial charge is 0.360 e. The van der Waals surface area contributed by atoms with Crippen LogP contribution in [0, 0.1) is 0 Å². The van der Waals surface area contributed by atoms with Crippen LogP contribution in [-0.2, 0) is 12.3 Å². The van der Waals surface area contributed by atoms with Gasteiger partial charge in [0.1, 0.15) is 0 Å². The first-order chi connectivity index (χ1) is 6.81. The summed E-state index contributed by atoms with van der Waals surface area (Å²) in [6.45, 7) is 19.5. The largest absolute Gasteiger partial charge is 0.437 e. The monoisotopic (exact) mass is 295 g/mol. The fraction of sp³-hybridized carbons (Fsp3) is 1.00. The van der Waals surface area contributed by atoms with Crippen LogP contribution in [0.2, 0.25) is 58.9 Å². The van der Waals surface area contributed by atoms with Gasteiger partial charge in [-0.05, 0) is 58.9 Å². The van der Waals surface area contributed by atoms with Gasteiger partial charge in [-0.25, -0.2) is 0 Å². The van der Waals surface area contributed by atoms with E-state index < -0.39 is 34.5 Å². The van der Waals surface area contributed by atoms with Crippen molar-refractivity contribution < 1.29 is 12.3 Å². The molecule has 0 N–H and O–H groups in total. The van der Waals surface area contributed by atoms with E-state index in [1.165, 1.54) is 0 Å². The lowest BCUT2D eigenvalue weighted by Crippen LogP contribution is -2.49. The lowest BCUT2D eigenvalue weighted by molar-refractivity contribution is 0.352. The second kappa shape index (κ2) is 5.59. The van der Waals surface area contributed by atoms with Gasteiger partial charge in [0, 0.05) is 0 Å². The molecule has 1 radical (unpaired) electrons. The van der Waals surface area contributed by atoms with E-state index in [4.69, 9.17) is 12.3 Å². The second-order valence-electron chi connectivity index (χ2n) is 6.42. The minimum atomic E-state index is -2.00. The molecule has 0 fully saturated rings. The minimum absolute atomic E-state index is 1.15. The van der Waals surface area contributed by atoms with E-state index in [1.54, 1.807) is 0 Å². The Kier molecular flexibility index (Phi) is 5.85. The highest BCUT2D eigenvalue weighted by Gasteiger charge is 2.35. The maximum Gasteiger partial charge on any atom is 0.360 e. The minimum Gasteiger partial charge on any atom is -0.437 e. The Hall–Kier alpha value is 0.748. The third kappa shape index (κ3) is 9.94. The second-order valence-corrected chi connectivity index (χ2v) is 21.1. The van der Waals surface area contributed by atoms with Crippen LogP contribution in [0.25, 0.3) is 0 Å². The maximum absolute atomic E-state index is 6.13. The van der Waals surface area contributed by atoms with E-state index in [1.807, 2.05) is 0 Å². The Morgan fingerprint density at radius 1 is 0.688 bits per heavy atom. The van der Waals surface area contributed by atoms with Crippen LogP contribution < -0.4 is 0 Å². The summed E-state index contributed by atoms with van der Waals surface area (Å²) in [5.74, 6) is 0. The highest BCUT2D eigenvalue weighted by molar-refractivity contribution is 6.84. The molecule has 0 aliphatic rings. The van der Waals surface area contributed by atoms with Gasteiger partial charge in [-0.3, -0.25) is 0 Å². The predicted octanol–water partition coefficient (Wildman–Crippen LogP) is 3.53. The molecule has 7 heteroatoms. The zero-order valence-electron chi connectivity index (χ0n) is 12.2. The van der Waals surface area contributed by atoms with Crippen molar-refractivity contribution in [2.75, 3.05) is 0 Å². The molecule has 0 aliphatic carbocycles. The highest BCUT2D eigenvalue weighted by Crippen LogP contribution is 2.17. The fourth-order valence-electron chi connectivity index (χ4n) is 1.56. The fourth-order valence-corrected chi connectivity index (χ4v) is 14.8. The van der Waals surface area contributed by atoms with Gasteiger partial charge in [-0.2, -0.15) is 0 Å². The van der Waals surface area contributed by atoms with Crippen molar-refractivity contribution in [3.63, 3.8) is 0 Å².